The predicted molar refractivity (Wildman–Crippen MR) is 113 cm³/mol. The van der Waals surface area contributed by atoms with Crippen molar-refractivity contribution in [3.63, 3.8) is 0 Å². The normalized spacial score (nSPS) is 11.4. The topological polar surface area (TPSA) is 53.2 Å². The standard InChI is InChI=1S/C24H20ClNO2/c25-15-14-23(18-4-2-1-3-5-18)24(19-6-10-21(27)11-7-19)20-8-12-22(13-9-20)28-17-16-26/h1-13,27H,14-15,17H2/b24-23-. The van der Waals surface area contributed by atoms with Gasteiger partial charge in [0.2, 0.25) is 0 Å². The third kappa shape index (κ3) is 4.73. The number of alkyl halides is 1. The minimum Gasteiger partial charge on any atom is -0.508 e. The Labute approximate surface area is 170 Å². The molecule has 140 valence electrons. The summed E-state index contributed by atoms with van der Waals surface area (Å²) in [4.78, 5) is 0. The molecule has 0 amide bonds. The first-order chi connectivity index (χ1) is 13.7. The van der Waals surface area contributed by atoms with E-state index in [-0.39, 0.29) is 12.4 Å². The van der Waals surface area contributed by atoms with Gasteiger partial charge in [0.05, 0.1) is 0 Å². The molecule has 3 rings (SSSR count). The quantitative estimate of drug-likeness (QED) is 0.405. The van der Waals surface area contributed by atoms with Gasteiger partial charge in [-0.1, -0.05) is 54.6 Å². The Kier molecular flexibility index (Phi) is 6.73. The first-order valence-corrected chi connectivity index (χ1v) is 9.50. The van der Waals surface area contributed by atoms with Crippen molar-refractivity contribution in [2.45, 2.75) is 6.42 Å². The molecule has 0 bridgehead atoms. The van der Waals surface area contributed by atoms with Gasteiger partial charge >= 0.3 is 0 Å². The molecule has 0 heterocycles. The Morgan fingerprint density at radius 2 is 1.46 bits per heavy atom. The van der Waals surface area contributed by atoms with E-state index in [1.807, 2.05) is 60.7 Å². The molecule has 0 spiro atoms. The molecule has 0 unspecified atom stereocenters. The Balaban J connectivity index is 2.16. The van der Waals surface area contributed by atoms with E-state index in [0.717, 1.165) is 27.8 Å². The summed E-state index contributed by atoms with van der Waals surface area (Å²) >= 11 is 6.15. The Hall–Kier alpha value is -3.22. The van der Waals surface area contributed by atoms with E-state index in [9.17, 15) is 5.11 Å². The average Bonchev–Trinajstić information content (AvgIpc) is 2.74. The molecule has 0 saturated heterocycles. The Morgan fingerprint density at radius 3 is 2.04 bits per heavy atom. The van der Waals surface area contributed by atoms with E-state index in [1.165, 1.54) is 0 Å². The molecule has 0 saturated carbocycles. The molecule has 3 nitrogen and oxygen atoms in total. The van der Waals surface area contributed by atoms with Crippen LogP contribution in [0.1, 0.15) is 23.1 Å². The minimum atomic E-state index is 0.0154. The summed E-state index contributed by atoms with van der Waals surface area (Å²) in [5, 5.41) is 18.4. The molecule has 0 aliphatic heterocycles. The van der Waals surface area contributed by atoms with Crippen LogP contribution in [0.25, 0.3) is 11.1 Å². The van der Waals surface area contributed by atoms with Gasteiger partial charge in [0.15, 0.2) is 6.61 Å². The van der Waals surface area contributed by atoms with Crippen molar-refractivity contribution >= 4 is 22.7 Å². The van der Waals surface area contributed by atoms with Gasteiger partial charge in [-0.3, -0.25) is 0 Å². The second-order valence-corrected chi connectivity index (χ2v) is 6.55. The summed E-state index contributed by atoms with van der Waals surface area (Å²) < 4.78 is 5.37. The van der Waals surface area contributed by atoms with Crippen molar-refractivity contribution in [3.8, 4) is 17.6 Å². The number of halogens is 1. The molecule has 0 atom stereocenters. The lowest BCUT2D eigenvalue weighted by Gasteiger charge is -2.17. The van der Waals surface area contributed by atoms with Gasteiger partial charge in [-0.05, 0) is 58.5 Å². The van der Waals surface area contributed by atoms with Crippen LogP contribution in [-0.4, -0.2) is 17.6 Å². The van der Waals surface area contributed by atoms with E-state index < -0.39 is 0 Å². The summed E-state index contributed by atoms with van der Waals surface area (Å²) in [6, 6.07) is 27.0. The summed E-state index contributed by atoms with van der Waals surface area (Å²) in [6.45, 7) is 0.0154. The molecule has 1 N–H and O–H groups in total. The van der Waals surface area contributed by atoms with Crippen molar-refractivity contribution in [2.75, 3.05) is 12.5 Å². The van der Waals surface area contributed by atoms with Gasteiger partial charge in [0, 0.05) is 5.88 Å². The van der Waals surface area contributed by atoms with Gasteiger partial charge in [0.1, 0.15) is 17.6 Å². The van der Waals surface area contributed by atoms with Crippen molar-refractivity contribution in [2.24, 2.45) is 0 Å². The number of ether oxygens (including phenoxy) is 1. The van der Waals surface area contributed by atoms with Gasteiger partial charge in [-0.25, -0.2) is 0 Å². The summed E-state index contributed by atoms with van der Waals surface area (Å²) in [7, 11) is 0. The third-order valence-electron chi connectivity index (χ3n) is 4.37. The second-order valence-electron chi connectivity index (χ2n) is 6.18. The fourth-order valence-electron chi connectivity index (χ4n) is 3.12. The fourth-order valence-corrected chi connectivity index (χ4v) is 3.31. The van der Waals surface area contributed by atoms with Crippen LogP contribution in [0, 0.1) is 11.3 Å². The van der Waals surface area contributed by atoms with E-state index in [1.54, 1.807) is 12.1 Å². The monoisotopic (exact) mass is 389 g/mol. The second kappa shape index (κ2) is 9.64. The van der Waals surface area contributed by atoms with E-state index >= 15 is 0 Å². The molecule has 28 heavy (non-hydrogen) atoms. The van der Waals surface area contributed by atoms with Gasteiger partial charge < -0.3 is 9.84 Å². The number of nitrogens with zero attached hydrogens (tertiary/aromatic N) is 1. The van der Waals surface area contributed by atoms with Crippen LogP contribution in [0.4, 0.5) is 0 Å². The number of phenolic OH excluding ortho intramolecular Hbond substituents is 1. The van der Waals surface area contributed by atoms with Crippen molar-refractivity contribution < 1.29 is 9.84 Å². The first-order valence-electron chi connectivity index (χ1n) is 8.97. The number of benzene rings is 3. The Bertz CT molecular complexity index is 972. The summed E-state index contributed by atoms with van der Waals surface area (Å²) in [6.07, 6.45) is 0.703. The zero-order valence-corrected chi connectivity index (χ0v) is 16.1. The molecular weight excluding hydrogens is 370 g/mol. The van der Waals surface area contributed by atoms with Crippen LogP contribution >= 0.6 is 11.6 Å². The van der Waals surface area contributed by atoms with Crippen LogP contribution in [0.5, 0.6) is 11.5 Å². The zero-order valence-electron chi connectivity index (χ0n) is 15.3. The molecule has 0 radical (unpaired) electrons. The number of hydrogen-bond donors (Lipinski definition) is 1. The highest BCUT2D eigenvalue weighted by molar-refractivity contribution is 6.18. The summed E-state index contributed by atoms with van der Waals surface area (Å²) in [5.41, 5.74) is 5.30. The van der Waals surface area contributed by atoms with Crippen LogP contribution < -0.4 is 4.74 Å². The molecule has 3 aromatic rings. The SMILES string of the molecule is N#CCOc1ccc(/C(=C(/CCCl)c2ccccc2)c2ccc(O)cc2)cc1. The van der Waals surface area contributed by atoms with E-state index in [2.05, 4.69) is 12.1 Å². The molecular formula is C24H20ClNO2. The molecule has 3 aromatic carbocycles. The zero-order chi connectivity index (χ0) is 19.8. The predicted octanol–water partition coefficient (Wildman–Crippen LogP) is 5.88. The highest BCUT2D eigenvalue weighted by Crippen LogP contribution is 2.35. The Morgan fingerprint density at radius 1 is 0.857 bits per heavy atom. The average molecular weight is 390 g/mol. The fraction of sp³-hybridized carbons (Fsp3) is 0.125. The smallest absolute Gasteiger partial charge is 0.174 e. The van der Waals surface area contributed by atoms with Gasteiger partial charge in [-0.2, -0.15) is 5.26 Å². The molecule has 4 heteroatoms. The minimum absolute atomic E-state index is 0.0154. The number of allylic oxidation sites excluding steroid dienone is 1. The number of aromatic hydroxyl groups is 1. The lowest BCUT2D eigenvalue weighted by Crippen LogP contribution is -1.98. The molecule has 0 aliphatic carbocycles. The van der Waals surface area contributed by atoms with Gasteiger partial charge in [-0.15, -0.1) is 11.6 Å². The maximum absolute atomic E-state index is 9.71. The third-order valence-corrected chi connectivity index (χ3v) is 4.56. The highest BCUT2D eigenvalue weighted by Gasteiger charge is 2.14. The molecule has 0 aliphatic rings. The molecule has 0 aromatic heterocycles. The maximum Gasteiger partial charge on any atom is 0.174 e. The summed E-state index contributed by atoms with van der Waals surface area (Å²) in [5.74, 6) is 1.37. The van der Waals surface area contributed by atoms with Crippen LogP contribution in [0.15, 0.2) is 78.9 Å². The first kappa shape index (κ1) is 19.5. The number of rotatable bonds is 7. The molecule has 0 fully saturated rings. The van der Waals surface area contributed by atoms with Crippen molar-refractivity contribution in [1.82, 2.24) is 0 Å². The van der Waals surface area contributed by atoms with E-state index in [0.29, 0.717) is 18.1 Å². The maximum atomic E-state index is 9.71. The van der Waals surface area contributed by atoms with Gasteiger partial charge in [0.25, 0.3) is 0 Å². The number of nitriles is 1. The van der Waals surface area contributed by atoms with Crippen molar-refractivity contribution in [3.05, 3.63) is 95.6 Å². The van der Waals surface area contributed by atoms with Crippen LogP contribution in [0.2, 0.25) is 0 Å². The lowest BCUT2D eigenvalue weighted by molar-refractivity contribution is 0.368. The number of phenols is 1. The largest absolute Gasteiger partial charge is 0.508 e. The van der Waals surface area contributed by atoms with Crippen LogP contribution in [-0.2, 0) is 0 Å². The highest BCUT2D eigenvalue weighted by atomic mass is 35.5. The lowest BCUT2D eigenvalue weighted by atomic mass is 9.88. The van der Waals surface area contributed by atoms with Crippen molar-refractivity contribution in [1.29, 1.82) is 5.26 Å². The van der Waals surface area contributed by atoms with E-state index in [4.69, 9.17) is 21.6 Å². The number of hydrogen-bond acceptors (Lipinski definition) is 3. The van der Waals surface area contributed by atoms with Crippen LogP contribution in [0.3, 0.4) is 0 Å².